The van der Waals surface area contributed by atoms with Crippen LogP contribution in [0.4, 0.5) is 0 Å². The summed E-state index contributed by atoms with van der Waals surface area (Å²) in [6, 6.07) is 21.5. The molecule has 0 unspecified atom stereocenters. The van der Waals surface area contributed by atoms with Gasteiger partial charge in [0.05, 0.1) is 13.2 Å². The van der Waals surface area contributed by atoms with Crippen LogP contribution >= 0.6 is 11.3 Å². The molecule has 2 aromatic carbocycles. The topological polar surface area (TPSA) is 54.8 Å². The Morgan fingerprint density at radius 1 is 1.00 bits per heavy atom. The first-order valence-electron chi connectivity index (χ1n) is 11.9. The Morgan fingerprint density at radius 2 is 1.74 bits per heavy atom. The third-order valence-electron chi connectivity index (χ3n) is 6.85. The predicted molar refractivity (Wildman–Crippen MR) is 139 cm³/mol. The van der Waals surface area contributed by atoms with E-state index in [1.165, 1.54) is 0 Å². The molecule has 1 aliphatic rings. The maximum atomic E-state index is 13.8. The Kier molecular flexibility index (Phi) is 6.34. The minimum absolute atomic E-state index is 0.0135. The van der Waals surface area contributed by atoms with Crippen molar-refractivity contribution in [2.24, 2.45) is 0 Å². The Morgan fingerprint density at radius 3 is 2.43 bits per heavy atom. The highest BCUT2D eigenvalue weighted by atomic mass is 32.1. The van der Waals surface area contributed by atoms with Crippen molar-refractivity contribution in [3.63, 3.8) is 0 Å². The van der Waals surface area contributed by atoms with Gasteiger partial charge in [0.2, 0.25) is 0 Å². The van der Waals surface area contributed by atoms with E-state index in [1.54, 1.807) is 42.7 Å². The third-order valence-corrected chi connectivity index (χ3v) is 7.77. The van der Waals surface area contributed by atoms with E-state index in [1.807, 2.05) is 41.0 Å². The number of methoxy groups -OCH3 is 1. The van der Waals surface area contributed by atoms with Crippen LogP contribution in [0.1, 0.15) is 46.3 Å². The van der Waals surface area contributed by atoms with E-state index in [0.29, 0.717) is 30.9 Å². The molecular formula is C28H29N3O3S. The van der Waals surface area contributed by atoms with Crippen LogP contribution in [-0.2, 0) is 0 Å². The number of ether oxygens (including phenoxy) is 1. The standard InChI is InChI=1S/C28H29N3O3S/c1-19-18-29(14-15-30(19)26(32)22-9-11-24(34-3)12-10-22)27(33)25-17-23-13-16-35-28(23)31(25)20(2)21-7-5-4-6-8-21/h4-13,16-17,19-20H,14-15,18H2,1-3H3/t19-,20+/m1/s1. The summed E-state index contributed by atoms with van der Waals surface area (Å²) in [5.74, 6) is 0.714. The van der Waals surface area contributed by atoms with Gasteiger partial charge in [-0.2, -0.15) is 0 Å². The minimum atomic E-state index is -0.0848. The molecule has 2 atom stereocenters. The summed E-state index contributed by atoms with van der Waals surface area (Å²) < 4.78 is 7.36. The van der Waals surface area contributed by atoms with Crippen molar-refractivity contribution < 1.29 is 14.3 Å². The summed E-state index contributed by atoms with van der Waals surface area (Å²) in [6.45, 7) is 5.65. The smallest absolute Gasteiger partial charge is 0.270 e. The van der Waals surface area contributed by atoms with Gasteiger partial charge in [0.15, 0.2) is 0 Å². The van der Waals surface area contributed by atoms with Crippen molar-refractivity contribution in [2.45, 2.75) is 25.9 Å². The van der Waals surface area contributed by atoms with Crippen molar-refractivity contribution in [1.29, 1.82) is 0 Å². The van der Waals surface area contributed by atoms with Gasteiger partial charge >= 0.3 is 0 Å². The van der Waals surface area contributed by atoms with Crippen molar-refractivity contribution in [3.8, 4) is 5.75 Å². The van der Waals surface area contributed by atoms with Gasteiger partial charge in [-0.05, 0) is 61.2 Å². The molecule has 180 valence electrons. The first-order chi connectivity index (χ1) is 17.0. The van der Waals surface area contributed by atoms with Crippen LogP contribution in [-0.4, -0.2) is 59.0 Å². The SMILES string of the molecule is COc1ccc(C(=O)N2CCN(C(=O)c3cc4ccsc4n3[C@@H](C)c3ccccc3)C[C@H]2C)cc1. The molecule has 5 rings (SSSR count). The minimum Gasteiger partial charge on any atom is -0.497 e. The van der Waals surface area contributed by atoms with E-state index in [9.17, 15) is 9.59 Å². The lowest BCUT2D eigenvalue weighted by molar-refractivity contribution is 0.0409. The van der Waals surface area contributed by atoms with Crippen LogP contribution in [0.2, 0.25) is 0 Å². The molecule has 2 aromatic heterocycles. The van der Waals surface area contributed by atoms with Crippen molar-refractivity contribution in [2.75, 3.05) is 26.7 Å². The Balaban J connectivity index is 1.37. The van der Waals surface area contributed by atoms with Gasteiger partial charge < -0.3 is 19.1 Å². The summed E-state index contributed by atoms with van der Waals surface area (Å²) >= 11 is 1.66. The molecule has 7 heteroatoms. The second-order valence-electron chi connectivity index (χ2n) is 8.99. The zero-order chi connectivity index (χ0) is 24.5. The number of aromatic nitrogens is 1. The summed E-state index contributed by atoms with van der Waals surface area (Å²) in [4.78, 5) is 31.7. The number of amides is 2. The van der Waals surface area contributed by atoms with Gasteiger partial charge in [-0.15, -0.1) is 11.3 Å². The number of benzene rings is 2. The van der Waals surface area contributed by atoms with Crippen LogP contribution < -0.4 is 4.74 Å². The first-order valence-corrected chi connectivity index (χ1v) is 12.7. The van der Waals surface area contributed by atoms with E-state index in [-0.39, 0.29) is 23.9 Å². The summed E-state index contributed by atoms with van der Waals surface area (Å²) in [7, 11) is 1.61. The van der Waals surface area contributed by atoms with Gasteiger partial charge in [0, 0.05) is 36.6 Å². The summed E-state index contributed by atoms with van der Waals surface area (Å²) in [6.07, 6.45) is 0. The molecular weight excluding hydrogens is 458 g/mol. The number of piperazine rings is 1. The fourth-order valence-corrected chi connectivity index (χ4v) is 5.85. The van der Waals surface area contributed by atoms with E-state index in [0.717, 1.165) is 21.5 Å². The van der Waals surface area contributed by atoms with Crippen molar-refractivity contribution >= 4 is 33.4 Å². The Bertz CT molecular complexity index is 1340. The molecule has 3 heterocycles. The summed E-state index contributed by atoms with van der Waals surface area (Å²) in [5, 5.41) is 3.15. The molecule has 6 nitrogen and oxygen atoms in total. The lowest BCUT2D eigenvalue weighted by Crippen LogP contribution is -2.55. The van der Waals surface area contributed by atoms with E-state index >= 15 is 0 Å². The maximum absolute atomic E-state index is 13.8. The molecule has 0 N–H and O–H groups in total. The van der Waals surface area contributed by atoms with Crippen molar-refractivity contribution in [3.05, 3.63) is 88.9 Å². The number of nitrogens with zero attached hydrogens (tertiary/aromatic N) is 3. The highest BCUT2D eigenvalue weighted by Crippen LogP contribution is 2.32. The molecule has 1 fully saturated rings. The average Bonchev–Trinajstić information content (AvgIpc) is 3.49. The van der Waals surface area contributed by atoms with Crippen LogP contribution in [0.3, 0.4) is 0 Å². The third kappa shape index (κ3) is 4.32. The predicted octanol–water partition coefficient (Wildman–Crippen LogP) is 5.31. The quantitative estimate of drug-likeness (QED) is 0.384. The number of carbonyl (C=O) groups excluding carboxylic acids is 2. The number of rotatable bonds is 5. The Labute approximate surface area is 209 Å². The van der Waals surface area contributed by atoms with E-state index < -0.39 is 0 Å². The number of fused-ring (bicyclic) bond motifs is 1. The lowest BCUT2D eigenvalue weighted by atomic mass is 10.1. The average molecular weight is 488 g/mol. The monoisotopic (exact) mass is 487 g/mol. The molecule has 0 spiro atoms. The zero-order valence-electron chi connectivity index (χ0n) is 20.2. The van der Waals surface area contributed by atoms with Gasteiger partial charge in [0.1, 0.15) is 16.3 Å². The maximum Gasteiger partial charge on any atom is 0.270 e. The van der Waals surface area contributed by atoms with Gasteiger partial charge in [-0.25, -0.2) is 0 Å². The molecule has 35 heavy (non-hydrogen) atoms. The summed E-state index contributed by atoms with van der Waals surface area (Å²) in [5.41, 5.74) is 2.49. The van der Waals surface area contributed by atoms with E-state index in [4.69, 9.17) is 4.74 Å². The molecule has 0 saturated carbocycles. The lowest BCUT2D eigenvalue weighted by Gasteiger charge is -2.40. The number of hydrogen-bond acceptors (Lipinski definition) is 4. The van der Waals surface area contributed by atoms with E-state index in [2.05, 4.69) is 35.1 Å². The van der Waals surface area contributed by atoms with Crippen LogP contribution in [0.25, 0.3) is 10.2 Å². The highest BCUT2D eigenvalue weighted by molar-refractivity contribution is 7.16. The number of carbonyl (C=O) groups is 2. The molecule has 2 amide bonds. The fraction of sp³-hybridized carbons (Fsp3) is 0.286. The zero-order valence-corrected chi connectivity index (χ0v) is 21.0. The first kappa shape index (κ1) is 23.2. The molecule has 1 saturated heterocycles. The number of thiophene rings is 1. The second-order valence-corrected chi connectivity index (χ2v) is 9.89. The molecule has 0 radical (unpaired) electrons. The molecule has 1 aliphatic heterocycles. The van der Waals surface area contributed by atoms with Crippen LogP contribution in [0.15, 0.2) is 72.1 Å². The fourth-order valence-electron chi connectivity index (χ4n) is 4.88. The largest absolute Gasteiger partial charge is 0.497 e. The normalized spacial score (nSPS) is 16.9. The molecule has 0 bridgehead atoms. The van der Waals surface area contributed by atoms with Gasteiger partial charge in [-0.3, -0.25) is 9.59 Å². The Hall–Kier alpha value is -3.58. The number of hydrogen-bond donors (Lipinski definition) is 0. The highest BCUT2D eigenvalue weighted by Gasteiger charge is 2.33. The van der Waals surface area contributed by atoms with Crippen molar-refractivity contribution in [1.82, 2.24) is 14.4 Å². The van der Waals surface area contributed by atoms with Crippen LogP contribution in [0.5, 0.6) is 5.75 Å². The molecule has 0 aliphatic carbocycles. The van der Waals surface area contributed by atoms with Crippen LogP contribution in [0, 0.1) is 0 Å². The second kappa shape index (κ2) is 9.58. The molecule has 4 aromatic rings. The van der Waals surface area contributed by atoms with Gasteiger partial charge in [0.25, 0.3) is 11.8 Å². The van der Waals surface area contributed by atoms with Gasteiger partial charge in [-0.1, -0.05) is 30.3 Å².